The molecule has 0 unspecified atom stereocenters. The van der Waals surface area contributed by atoms with Crippen LogP contribution in [0.5, 0.6) is 0 Å². The quantitative estimate of drug-likeness (QED) is 0.605. The average molecular weight is 260 g/mol. The summed E-state index contributed by atoms with van der Waals surface area (Å²) in [4.78, 5) is 37.2. The van der Waals surface area contributed by atoms with Crippen LogP contribution >= 0.6 is 23.2 Å². The summed E-state index contributed by atoms with van der Waals surface area (Å²) in [5.41, 5.74) is -1.71. The number of fused-ring (bicyclic) bond motifs is 1. The van der Waals surface area contributed by atoms with E-state index in [-0.39, 0.29) is 26.8 Å². The number of nitroso groups, excluding NO2 is 1. The van der Waals surface area contributed by atoms with Gasteiger partial charge in [0.25, 0.3) is 0 Å². The summed E-state index contributed by atoms with van der Waals surface area (Å²) in [5.74, 6) is 0. The number of aromatic nitrogens is 2. The SMILES string of the molecule is O=Nc1c(Cl)c(Cl)cc2[nH]c(=O)c(=O)[nH]c12. The second-order valence-electron chi connectivity index (χ2n) is 2.94. The molecule has 0 aliphatic carbocycles. The molecule has 0 saturated carbocycles. The standard InChI is InChI=1S/C8H3Cl2N3O3/c9-2-1-3-5(6(13-16)4(2)10)12-8(15)7(14)11-3/h1H,(H,11,14)(H,12,15). The predicted molar refractivity (Wildman–Crippen MR) is 60.7 cm³/mol. The molecule has 1 aromatic carbocycles. The highest BCUT2D eigenvalue weighted by Crippen LogP contribution is 2.36. The van der Waals surface area contributed by atoms with Crippen LogP contribution in [0.1, 0.15) is 0 Å². The van der Waals surface area contributed by atoms with Gasteiger partial charge >= 0.3 is 11.1 Å². The summed E-state index contributed by atoms with van der Waals surface area (Å²) >= 11 is 11.4. The molecule has 1 aromatic heterocycles. The van der Waals surface area contributed by atoms with Crippen LogP contribution in [0.3, 0.4) is 0 Å². The molecule has 2 N–H and O–H groups in total. The Morgan fingerprint density at radius 3 is 2.38 bits per heavy atom. The first kappa shape index (κ1) is 10.8. The maximum Gasteiger partial charge on any atom is 0.314 e. The molecule has 16 heavy (non-hydrogen) atoms. The molecular formula is C8H3Cl2N3O3. The van der Waals surface area contributed by atoms with Gasteiger partial charge in [-0.25, -0.2) is 0 Å². The molecule has 0 fully saturated rings. The van der Waals surface area contributed by atoms with Crippen molar-refractivity contribution in [2.24, 2.45) is 5.18 Å². The lowest BCUT2D eigenvalue weighted by Crippen LogP contribution is -2.28. The Labute approximate surface area is 97.2 Å². The van der Waals surface area contributed by atoms with Gasteiger partial charge in [-0.05, 0) is 11.2 Å². The first-order valence-corrected chi connectivity index (χ1v) is 4.78. The monoisotopic (exact) mass is 259 g/mol. The Morgan fingerprint density at radius 2 is 1.75 bits per heavy atom. The van der Waals surface area contributed by atoms with Gasteiger partial charge in [-0.1, -0.05) is 23.2 Å². The molecule has 0 radical (unpaired) electrons. The van der Waals surface area contributed by atoms with Crippen LogP contribution in [0.15, 0.2) is 20.8 Å². The van der Waals surface area contributed by atoms with E-state index in [1.54, 1.807) is 0 Å². The largest absolute Gasteiger partial charge is 0.316 e. The van der Waals surface area contributed by atoms with E-state index in [4.69, 9.17) is 23.2 Å². The van der Waals surface area contributed by atoms with Gasteiger partial charge in [0.1, 0.15) is 0 Å². The normalized spacial score (nSPS) is 10.6. The Kier molecular flexibility index (Phi) is 2.53. The van der Waals surface area contributed by atoms with Crippen molar-refractivity contribution in [3.8, 4) is 0 Å². The first-order chi connectivity index (χ1) is 7.54. The van der Waals surface area contributed by atoms with E-state index < -0.39 is 11.1 Å². The molecule has 0 atom stereocenters. The number of nitrogens with one attached hydrogen (secondary N) is 2. The van der Waals surface area contributed by atoms with Crippen molar-refractivity contribution in [3.05, 3.63) is 41.7 Å². The molecule has 0 aliphatic heterocycles. The van der Waals surface area contributed by atoms with Crippen molar-refractivity contribution in [1.29, 1.82) is 0 Å². The number of benzene rings is 1. The molecule has 6 nitrogen and oxygen atoms in total. The van der Waals surface area contributed by atoms with Crippen molar-refractivity contribution in [2.45, 2.75) is 0 Å². The second-order valence-corrected chi connectivity index (χ2v) is 3.73. The highest BCUT2D eigenvalue weighted by molar-refractivity contribution is 6.44. The van der Waals surface area contributed by atoms with Crippen LogP contribution in [0.2, 0.25) is 10.0 Å². The fourth-order valence-electron chi connectivity index (χ4n) is 1.27. The maximum atomic E-state index is 11.1. The lowest BCUT2D eigenvalue weighted by Gasteiger charge is -2.03. The van der Waals surface area contributed by atoms with Crippen molar-refractivity contribution in [3.63, 3.8) is 0 Å². The lowest BCUT2D eigenvalue weighted by molar-refractivity contribution is 1.14. The third-order valence-corrected chi connectivity index (χ3v) is 2.76. The molecule has 0 aliphatic rings. The van der Waals surface area contributed by atoms with Gasteiger partial charge in [0.15, 0.2) is 5.69 Å². The van der Waals surface area contributed by atoms with Crippen LogP contribution in [-0.4, -0.2) is 9.97 Å². The molecule has 0 saturated heterocycles. The Balaban J connectivity index is 3.09. The second kappa shape index (κ2) is 3.73. The molecule has 2 rings (SSSR count). The number of nitrogens with zero attached hydrogens (tertiary/aromatic N) is 1. The highest BCUT2D eigenvalue weighted by atomic mass is 35.5. The summed E-state index contributed by atoms with van der Waals surface area (Å²) in [7, 11) is 0. The molecule has 8 heteroatoms. The topological polar surface area (TPSA) is 95.2 Å². The van der Waals surface area contributed by atoms with Gasteiger partial charge in [0.05, 0.1) is 21.1 Å². The smallest absolute Gasteiger partial charge is 0.314 e. The van der Waals surface area contributed by atoms with Crippen molar-refractivity contribution < 1.29 is 0 Å². The van der Waals surface area contributed by atoms with Crippen molar-refractivity contribution in [2.75, 3.05) is 0 Å². The van der Waals surface area contributed by atoms with Crippen LogP contribution in [0.4, 0.5) is 5.69 Å². The number of halogens is 2. The fraction of sp³-hybridized carbons (Fsp3) is 0. The molecule has 2 aromatic rings. The highest BCUT2D eigenvalue weighted by Gasteiger charge is 2.13. The zero-order valence-corrected chi connectivity index (χ0v) is 9.02. The zero-order valence-electron chi connectivity index (χ0n) is 7.51. The Bertz CT molecular complexity index is 704. The van der Waals surface area contributed by atoms with Gasteiger partial charge in [0.2, 0.25) is 0 Å². The molecular weight excluding hydrogens is 257 g/mol. The van der Waals surface area contributed by atoms with Gasteiger partial charge < -0.3 is 9.97 Å². The zero-order chi connectivity index (χ0) is 11.9. The van der Waals surface area contributed by atoms with Crippen LogP contribution in [0.25, 0.3) is 11.0 Å². The van der Waals surface area contributed by atoms with E-state index in [1.807, 2.05) is 0 Å². The van der Waals surface area contributed by atoms with E-state index in [1.165, 1.54) is 6.07 Å². The third kappa shape index (κ3) is 1.52. The summed E-state index contributed by atoms with van der Waals surface area (Å²) in [5, 5.41) is 2.66. The van der Waals surface area contributed by atoms with Crippen molar-refractivity contribution in [1.82, 2.24) is 9.97 Å². The average Bonchev–Trinajstić information content (AvgIpc) is 2.24. The summed E-state index contributed by atoms with van der Waals surface area (Å²) in [6.07, 6.45) is 0. The van der Waals surface area contributed by atoms with Gasteiger partial charge in [0, 0.05) is 0 Å². The fourth-order valence-corrected chi connectivity index (χ4v) is 1.66. The first-order valence-electron chi connectivity index (χ1n) is 4.02. The van der Waals surface area contributed by atoms with E-state index in [0.717, 1.165) is 0 Å². The number of hydrogen-bond acceptors (Lipinski definition) is 4. The lowest BCUT2D eigenvalue weighted by atomic mass is 10.2. The predicted octanol–water partition coefficient (Wildman–Crippen LogP) is 1.92. The Morgan fingerprint density at radius 1 is 1.12 bits per heavy atom. The maximum absolute atomic E-state index is 11.1. The van der Waals surface area contributed by atoms with E-state index in [2.05, 4.69) is 15.1 Å². The number of rotatable bonds is 1. The molecule has 1 heterocycles. The minimum Gasteiger partial charge on any atom is -0.316 e. The number of hydrogen-bond donors (Lipinski definition) is 2. The van der Waals surface area contributed by atoms with Gasteiger partial charge in [-0.2, -0.15) is 0 Å². The number of H-pyrrole nitrogens is 2. The summed E-state index contributed by atoms with van der Waals surface area (Å²) in [6.45, 7) is 0. The number of aromatic amines is 2. The van der Waals surface area contributed by atoms with Crippen LogP contribution < -0.4 is 11.1 Å². The van der Waals surface area contributed by atoms with Crippen molar-refractivity contribution >= 4 is 39.9 Å². The molecule has 0 amide bonds. The summed E-state index contributed by atoms with van der Waals surface area (Å²) in [6, 6.07) is 1.32. The Hall–Kier alpha value is -1.66. The van der Waals surface area contributed by atoms with Gasteiger partial charge in [-0.3, -0.25) is 9.59 Å². The minimum atomic E-state index is -0.893. The minimum absolute atomic E-state index is 0.0500. The van der Waals surface area contributed by atoms with Gasteiger partial charge in [-0.15, -0.1) is 4.91 Å². The van der Waals surface area contributed by atoms with E-state index >= 15 is 0 Å². The molecule has 0 bridgehead atoms. The molecule has 82 valence electrons. The summed E-state index contributed by atoms with van der Waals surface area (Å²) < 4.78 is 0. The third-order valence-electron chi connectivity index (χ3n) is 1.98. The van der Waals surface area contributed by atoms with Crippen LogP contribution in [-0.2, 0) is 0 Å². The van der Waals surface area contributed by atoms with E-state index in [9.17, 15) is 14.5 Å². The molecule has 0 spiro atoms. The van der Waals surface area contributed by atoms with E-state index in [0.29, 0.717) is 0 Å². The van der Waals surface area contributed by atoms with Crippen LogP contribution in [0, 0.1) is 4.91 Å².